The summed E-state index contributed by atoms with van der Waals surface area (Å²) in [5.74, 6) is 1.58. The molecule has 9 heteroatoms. The van der Waals surface area contributed by atoms with Gasteiger partial charge in [-0.3, -0.25) is 15.2 Å². The lowest BCUT2D eigenvalue weighted by molar-refractivity contribution is -0.00117. The Morgan fingerprint density at radius 3 is 2.71 bits per heavy atom. The van der Waals surface area contributed by atoms with Crippen molar-refractivity contribution in [3.63, 3.8) is 0 Å². The van der Waals surface area contributed by atoms with Gasteiger partial charge in [-0.1, -0.05) is 13.8 Å². The van der Waals surface area contributed by atoms with Gasteiger partial charge in [-0.05, 0) is 31.5 Å². The number of urea groups is 1. The summed E-state index contributed by atoms with van der Waals surface area (Å²) in [7, 11) is 1.90. The van der Waals surface area contributed by atoms with Crippen molar-refractivity contribution < 1.29 is 14.6 Å². The first-order valence-corrected chi connectivity index (χ1v) is 10.1. The van der Waals surface area contributed by atoms with Crippen LogP contribution in [0, 0.1) is 12.3 Å². The molecule has 1 atom stereocenters. The summed E-state index contributed by atoms with van der Waals surface area (Å²) >= 11 is 0. The summed E-state index contributed by atoms with van der Waals surface area (Å²) in [5, 5.41) is 13.1. The number of anilines is 1. The predicted octanol–water partition coefficient (Wildman–Crippen LogP) is 3.56. The summed E-state index contributed by atoms with van der Waals surface area (Å²) in [6.07, 6.45) is 5.19. The standard InChI is InChI=1S/C22H26N6O3/c1-14-18(31-15-7-9-23-16(11-15)17-12-27(4)13-24-17)5-6-19(25-14)26-21(30)28-10-8-22(2,3)20(28)29/h5-7,9,11-13,20,29H,8,10H2,1-4H3,(H,25,26,30). The van der Waals surface area contributed by atoms with Gasteiger partial charge in [0.2, 0.25) is 0 Å². The van der Waals surface area contributed by atoms with Crippen molar-refractivity contribution in [1.82, 2.24) is 24.4 Å². The lowest BCUT2D eigenvalue weighted by Crippen LogP contribution is -2.42. The topological polar surface area (TPSA) is 105 Å². The molecular formula is C22H26N6O3. The van der Waals surface area contributed by atoms with Gasteiger partial charge in [0.15, 0.2) is 0 Å². The lowest BCUT2D eigenvalue weighted by atomic mass is 9.91. The van der Waals surface area contributed by atoms with Gasteiger partial charge in [-0.25, -0.2) is 14.8 Å². The number of rotatable bonds is 4. The van der Waals surface area contributed by atoms with Gasteiger partial charge in [0, 0.05) is 37.5 Å². The summed E-state index contributed by atoms with van der Waals surface area (Å²) in [5.41, 5.74) is 1.76. The maximum absolute atomic E-state index is 12.5. The van der Waals surface area contributed by atoms with Gasteiger partial charge in [0.1, 0.15) is 29.2 Å². The molecule has 0 bridgehead atoms. The van der Waals surface area contributed by atoms with E-state index in [0.29, 0.717) is 35.2 Å². The molecule has 4 heterocycles. The summed E-state index contributed by atoms with van der Waals surface area (Å²) in [4.78, 5) is 27.1. The Balaban J connectivity index is 1.45. The molecule has 0 radical (unpaired) electrons. The third-order valence-electron chi connectivity index (χ3n) is 5.45. The van der Waals surface area contributed by atoms with E-state index in [1.54, 1.807) is 37.6 Å². The molecule has 0 aliphatic carbocycles. The van der Waals surface area contributed by atoms with Crippen molar-refractivity contribution in [1.29, 1.82) is 0 Å². The molecule has 1 saturated heterocycles. The lowest BCUT2D eigenvalue weighted by Gasteiger charge is -2.27. The highest BCUT2D eigenvalue weighted by atomic mass is 16.5. The zero-order chi connectivity index (χ0) is 22.2. The largest absolute Gasteiger partial charge is 0.455 e. The zero-order valence-electron chi connectivity index (χ0n) is 18.0. The van der Waals surface area contributed by atoms with E-state index in [0.717, 1.165) is 12.1 Å². The van der Waals surface area contributed by atoms with Crippen LogP contribution < -0.4 is 10.1 Å². The number of aliphatic hydroxyl groups excluding tert-OH is 1. The maximum atomic E-state index is 12.5. The molecule has 162 valence electrons. The Hall–Kier alpha value is -3.46. The van der Waals surface area contributed by atoms with E-state index in [-0.39, 0.29) is 11.4 Å². The highest BCUT2D eigenvalue weighted by molar-refractivity contribution is 5.88. The van der Waals surface area contributed by atoms with Crippen LogP contribution in [-0.2, 0) is 7.05 Å². The molecule has 1 aliphatic heterocycles. The Labute approximate surface area is 180 Å². The maximum Gasteiger partial charge on any atom is 0.325 e. The first-order chi connectivity index (χ1) is 14.7. The molecule has 4 rings (SSSR count). The number of amides is 2. The minimum Gasteiger partial charge on any atom is -0.455 e. The molecule has 9 nitrogen and oxygen atoms in total. The van der Waals surface area contributed by atoms with Gasteiger partial charge in [0.25, 0.3) is 0 Å². The highest BCUT2D eigenvalue weighted by Crippen LogP contribution is 2.35. The van der Waals surface area contributed by atoms with Crippen molar-refractivity contribution in [3.05, 3.63) is 48.7 Å². The number of likely N-dealkylation sites (tertiary alicyclic amines) is 1. The monoisotopic (exact) mass is 422 g/mol. The van der Waals surface area contributed by atoms with Crippen molar-refractivity contribution >= 4 is 11.8 Å². The minimum atomic E-state index is -0.823. The van der Waals surface area contributed by atoms with Crippen molar-refractivity contribution in [2.24, 2.45) is 12.5 Å². The normalized spacial score (nSPS) is 17.6. The van der Waals surface area contributed by atoms with Crippen molar-refractivity contribution in [3.8, 4) is 22.9 Å². The van der Waals surface area contributed by atoms with E-state index in [1.165, 1.54) is 4.90 Å². The van der Waals surface area contributed by atoms with Crippen molar-refractivity contribution in [2.45, 2.75) is 33.4 Å². The smallest absolute Gasteiger partial charge is 0.325 e. The quantitative estimate of drug-likeness (QED) is 0.666. The number of nitrogens with zero attached hydrogens (tertiary/aromatic N) is 5. The van der Waals surface area contributed by atoms with Crippen LogP contribution in [-0.4, -0.2) is 48.3 Å². The summed E-state index contributed by atoms with van der Waals surface area (Å²) in [6.45, 7) is 6.19. The third-order valence-corrected chi connectivity index (χ3v) is 5.45. The van der Waals surface area contributed by atoms with Crippen LogP contribution >= 0.6 is 0 Å². The van der Waals surface area contributed by atoms with Gasteiger partial charge < -0.3 is 14.4 Å². The number of hydrogen-bond acceptors (Lipinski definition) is 6. The number of imidazole rings is 1. The van der Waals surface area contributed by atoms with Gasteiger partial charge in [0.05, 0.1) is 17.7 Å². The number of aliphatic hydroxyl groups is 1. The van der Waals surface area contributed by atoms with Gasteiger partial charge in [-0.2, -0.15) is 0 Å². The Bertz CT molecular complexity index is 1110. The number of ether oxygens (including phenoxy) is 1. The second-order valence-electron chi connectivity index (χ2n) is 8.42. The zero-order valence-corrected chi connectivity index (χ0v) is 18.0. The molecule has 1 aliphatic rings. The molecule has 1 unspecified atom stereocenters. The van der Waals surface area contributed by atoms with E-state index in [1.807, 2.05) is 37.7 Å². The van der Waals surface area contributed by atoms with E-state index < -0.39 is 6.23 Å². The Kier molecular flexibility index (Phi) is 5.36. The van der Waals surface area contributed by atoms with Crippen LogP contribution in [0.4, 0.5) is 10.6 Å². The van der Waals surface area contributed by atoms with E-state index >= 15 is 0 Å². The Morgan fingerprint density at radius 2 is 2.06 bits per heavy atom. The minimum absolute atomic E-state index is 0.322. The molecule has 0 saturated carbocycles. The second kappa shape index (κ2) is 7.99. The average Bonchev–Trinajstić information content (AvgIpc) is 3.27. The SMILES string of the molecule is Cc1nc(NC(=O)N2CCC(C)(C)C2O)ccc1Oc1ccnc(-c2cn(C)cn2)c1. The summed E-state index contributed by atoms with van der Waals surface area (Å²) in [6, 6.07) is 6.64. The number of carbonyl (C=O) groups excluding carboxylic acids is 1. The highest BCUT2D eigenvalue weighted by Gasteiger charge is 2.41. The molecule has 3 aromatic heterocycles. The van der Waals surface area contributed by atoms with Crippen LogP contribution in [0.2, 0.25) is 0 Å². The molecule has 0 aromatic carbocycles. The molecule has 1 fully saturated rings. The van der Waals surface area contributed by atoms with Crippen LogP contribution in [0.25, 0.3) is 11.4 Å². The number of aromatic nitrogens is 4. The molecule has 31 heavy (non-hydrogen) atoms. The molecule has 2 amide bonds. The number of aryl methyl sites for hydroxylation is 2. The number of pyridine rings is 2. The van der Waals surface area contributed by atoms with Crippen molar-refractivity contribution in [2.75, 3.05) is 11.9 Å². The van der Waals surface area contributed by atoms with E-state index in [9.17, 15) is 9.90 Å². The summed E-state index contributed by atoms with van der Waals surface area (Å²) < 4.78 is 7.84. The molecular weight excluding hydrogens is 396 g/mol. The molecule has 2 N–H and O–H groups in total. The van der Waals surface area contributed by atoms with E-state index in [2.05, 4.69) is 20.3 Å². The fourth-order valence-corrected chi connectivity index (χ4v) is 3.49. The van der Waals surface area contributed by atoms with Crippen LogP contribution in [0.15, 0.2) is 43.0 Å². The fourth-order valence-electron chi connectivity index (χ4n) is 3.49. The molecule has 3 aromatic rings. The van der Waals surface area contributed by atoms with Crippen LogP contribution in [0.3, 0.4) is 0 Å². The van der Waals surface area contributed by atoms with E-state index in [4.69, 9.17) is 4.74 Å². The fraction of sp³-hybridized carbons (Fsp3) is 0.364. The predicted molar refractivity (Wildman–Crippen MR) is 116 cm³/mol. The first kappa shape index (κ1) is 20.8. The first-order valence-electron chi connectivity index (χ1n) is 10.1. The van der Waals surface area contributed by atoms with Crippen LogP contribution in [0.5, 0.6) is 11.5 Å². The average molecular weight is 422 g/mol. The Morgan fingerprint density at radius 1 is 1.26 bits per heavy atom. The second-order valence-corrected chi connectivity index (χ2v) is 8.42. The van der Waals surface area contributed by atoms with Gasteiger partial charge >= 0.3 is 6.03 Å². The van der Waals surface area contributed by atoms with Gasteiger partial charge in [-0.15, -0.1) is 0 Å². The van der Waals surface area contributed by atoms with Crippen LogP contribution in [0.1, 0.15) is 26.0 Å². The number of hydrogen-bond donors (Lipinski definition) is 2. The molecule has 0 spiro atoms. The number of nitrogens with one attached hydrogen (secondary N) is 1. The third kappa shape index (κ3) is 4.36. The number of carbonyl (C=O) groups is 1.